The Kier molecular flexibility index (Phi) is 9.40. The highest BCUT2D eigenvalue weighted by Crippen LogP contribution is 2.24. The van der Waals surface area contributed by atoms with Gasteiger partial charge in [-0.2, -0.15) is 0 Å². The van der Waals surface area contributed by atoms with Crippen molar-refractivity contribution in [2.24, 2.45) is 0 Å². The second-order valence-corrected chi connectivity index (χ2v) is 10.6. The molecule has 31 heavy (non-hydrogen) atoms. The summed E-state index contributed by atoms with van der Waals surface area (Å²) < 4.78 is 14.9. The molecule has 0 fully saturated rings. The van der Waals surface area contributed by atoms with Crippen molar-refractivity contribution < 1.29 is 14.0 Å². The fraction of sp³-hybridized carbons (Fsp3) is 0.391. The van der Waals surface area contributed by atoms with E-state index in [9.17, 15) is 14.0 Å². The molecule has 4 nitrogen and oxygen atoms in total. The lowest BCUT2D eigenvalue weighted by Crippen LogP contribution is -2.52. The number of amides is 2. The quantitative estimate of drug-likeness (QED) is 0.470. The molecule has 2 amide bonds. The van der Waals surface area contributed by atoms with Crippen LogP contribution >= 0.6 is 39.3 Å². The van der Waals surface area contributed by atoms with E-state index in [0.717, 1.165) is 10.0 Å². The molecule has 2 aromatic rings. The summed E-state index contributed by atoms with van der Waals surface area (Å²) in [6.07, 6.45) is 0. The first kappa shape index (κ1) is 25.7. The van der Waals surface area contributed by atoms with Crippen LogP contribution in [0.25, 0.3) is 0 Å². The number of hydrogen-bond acceptors (Lipinski definition) is 3. The van der Waals surface area contributed by atoms with E-state index in [2.05, 4.69) is 21.2 Å². The van der Waals surface area contributed by atoms with E-state index in [0.29, 0.717) is 10.6 Å². The number of hydrogen-bond donors (Lipinski definition) is 1. The summed E-state index contributed by atoms with van der Waals surface area (Å²) in [5.74, 6) is -0.445. The maximum atomic E-state index is 14.0. The van der Waals surface area contributed by atoms with E-state index in [1.54, 1.807) is 24.0 Å². The van der Waals surface area contributed by atoms with Crippen LogP contribution in [0.2, 0.25) is 5.02 Å². The van der Waals surface area contributed by atoms with E-state index in [1.165, 1.54) is 17.8 Å². The van der Waals surface area contributed by atoms with Crippen molar-refractivity contribution in [3.8, 4) is 0 Å². The molecule has 0 aliphatic carbocycles. The Balaban J connectivity index is 2.14. The Hall–Kier alpha value is -1.57. The number of halogens is 3. The van der Waals surface area contributed by atoms with E-state index in [-0.39, 0.29) is 29.9 Å². The summed E-state index contributed by atoms with van der Waals surface area (Å²) in [6.45, 7) is 7.69. The first-order chi connectivity index (χ1) is 14.5. The van der Waals surface area contributed by atoms with Gasteiger partial charge >= 0.3 is 0 Å². The molecule has 0 heterocycles. The van der Waals surface area contributed by atoms with Gasteiger partial charge in [-0.25, -0.2) is 4.39 Å². The zero-order valence-electron chi connectivity index (χ0n) is 18.0. The first-order valence-electron chi connectivity index (χ1n) is 9.84. The predicted molar refractivity (Wildman–Crippen MR) is 130 cm³/mol. The molecule has 2 aromatic carbocycles. The number of nitrogens with zero attached hydrogens (tertiary/aromatic N) is 1. The molecule has 1 N–H and O–H groups in total. The van der Waals surface area contributed by atoms with Gasteiger partial charge in [-0.3, -0.25) is 9.59 Å². The Labute approximate surface area is 201 Å². The third-order valence-electron chi connectivity index (χ3n) is 4.44. The van der Waals surface area contributed by atoms with Gasteiger partial charge in [-0.15, -0.1) is 11.8 Å². The third-order valence-corrected chi connectivity index (χ3v) is 6.23. The largest absolute Gasteiger partial charge is 0.350 e. The molecule has 0 aliphatic heterocycles. The van der Waals surface area contributed by atoms with Gasteiger partial charge in [0.05, 0.1) is 5.75 Å². The van der Waals surface area contributed by atoms with Crippen LogP contribution in [0.1, 0.15) is 38.8 Å². The second kappa shape index (κ2) is 11.3. The standard InChI is InChI=1S/C23H27BrClFN2O2S/c1-15(22(30)27-23(2,3)4)28(12-16-7-5-8-17(24)11-16)21(29)14-31-13-18-19(25)9-6-10-20(18)26/h5-11,15H,12-14H2,1-4H3,(H,27,30)/t15-/m1/s1. The van der Waals surface area contributed by atoms with Crippen LogP contribution in [-0.2, 0) is 21.9 Å². The van der Waals surface area contributed by atoms with Crippen molar-refractivity contribution in [1.82, 2.24) is 10.2 Å². The Morgan fingerprint density at radius 2 is 1.90 bits per heavy atom. The van der Waals surface area contributed by atoms with Crippen LogP contribution in [0.5, 0.6) is 0 Å². The molecular weight excluding hydrogens is 503 g/mol. The monoisotopic (exact) mass is 528 g/mol. The lowest BCUT2D eigenvalue weighted by atomic mass is 10.1. The highest BCUT2D eigenvalue weighted by molar-refractivity contribution is 9.10. The highest BCUT2D eigenvalue weighted by atomic mass is 79.9. The molecule has 1 atom stereocenters. The average Bonchev–Trinajstić information content (AvgIpc) is 2.66. The molecule has 0 bridgehead atoms. The Morgan fingerprint density at radius 1 is 1.23 bits per heavy atom. The van der Waals surface area contributed by atoms with Crippen LogP contribution < -0.4 is 5.32 Å². The van der Waals surface area contributed by atoms with Gasteiger partial charge in [-0.1, -0.05) is 45.7 Å². The van der Waals surface area contributed by atoms with Crippen molar-refractivity contribution in [3.05, 3.63) is 68.9 Å². The molecule has 0 radical (unpaired) electrons. The van der Waals surface area contributed by atoms with Crippen molar-refractivity contribution >= 4 is 51.1 Å². The summed E-state index contributed by atoms with van der Waals surface area (Å²) >= 11 is 10.8. The maximum absolute atomic E-state index is 14.0. The number of nitrogens with one attached hydrogen (secondary N) is 1. The molecule has 168 valence electrons. The van der Waals surface area contributed by atoms with E-state index in [1.807, 2.05) is 45.0 Å². The smallest absolute Gasteiger partial charge is 0.242 e. The van der Waals surface area contributed by atoms with Gasteiger partial charge in [0.1, 0.15) is 11.9 Å². The predicted octanol–water partition coefficient (Wildman–Crippen LogP) is 5.81. The van der Waals surface area contributed by atoms with Crippen molar-refractivity contribution in [1.29, 1.82) is 0 Å². The number of thioether (sulfide) groups is 1. The van der Waals surface area contributed by atoms with Gasteiger partial charge in [0.25, 0.3) is 0 Å². The lowest BCUT2D eigenvalue weighted by Gasteiger charge is -2.31. The van der Waals surface area contributed by atoms with E-state index < -0.39 is 17.4 Å². The lowest BCUT2D eigenvalue weighted by molar-refractivity contribution is -0.139. The van der Waals surface area contributed by atoms with Crippen molar-refractivity contribution in [3.63, 3.8) is 0 Å². The maximum Gasteiger partial charge on any atom is 0.242 e. The minimum Gasteiger partial charge on any atom is -0.350 e. The van der Waals surface area contributed by atoms with Crippen LogP contribution in [0.3, 0.4) is 0 Å². The zero-order chi connectivity index (χ0) is 23.2. The Bertz CT molecular complexity index is 916. The van der Waals surface area contributed by atoms with Crippen LogP contribution in [-0.4, -0.2) is 34.0 Å². The number of rotatable bonds is 8. The van der Waals surface area contributed by atoms with E-state index >= 15 is 0 Å². The Morgan fingerprint density at radius 3 is 2.52 bits per heavy atom. The molecule has 0 aliphatic rings. The van der Waals surface area contributed by atoms with Gasteiger partial charge in [0.15, 0.2) is 0 Å². The number of carbonyl (C=O) groups excluding carboxylic acids is 2. The van der Waals surface area contributed by atoms with Crippen LogP contribution in [0.4, 0.5) is 4.39 Å². The molecule has 0 saturated carbocycles. The fourth-order valence-electron chi connectivity index (χ4n) is 2.88. The summed E-state index contributed by atoms with van der Waals surface area (Å²) in [6, 6.07) is 11.5. The first-order valence-corrected chi connectivity index (χ1v) is 12.2. The molecule has 0 aromatic heterocycles. The minimum atomic E-state index is -0.664. The minimum absolute atomic E-state index is 0.103. The molecular formula is C23H27BrClFN2O2S. The third kappa shape index (κ3) is 8.13. The summed E-state index contributed by atoms with van der Waals surface area (Å²) in [5.41, 5.74) is 0.867. The van der Waals surface area contributed by atoms with Crippen LogP contribution in [0.15, 0.2) is 46.9 Å². The summed E-state index contributed by atoms with van der Waals surface area (Å²) in [4.78, 5) is 27.4. The van der Waals surface area contributed by atoms with Crippen LogP contribution in [0, 0.1) is 5.82 Å². The second-order valence-electron chi connectivity index (χ2n) is 8.26. The summed E-state index contributed by atoms with van der Waals surface area (Å²) in [7, 11) is 0. The summed E-state index contributed by atoms with van der Waals surface area (Å²) in [5, 5.41) is 3.27. The highest BCUT2D eigenvalue weighted by Gasteiger charge is 2.28. The molecule has 0 saturated heterocycles. The molecule has 8 heteroatoms. The normalized spacial score (nSPS) is 12.4. The van der Waals surface area contributed by atoms with Gasteiger partial charge < -0.3 is 10.2 Å². The zero-order valence-corrected chi connectivity index (χ0v) is 21.2. The number of benzene rings is 2. The van der Waals surface area contributed by atoms with Gasteiger partial charge in [0, 0.05) is 32.9 Å². The molecule has 0 spiro atoms. The van der Waals surface area contributed by atoms with Crippen molar-refractivity contribution in [2.75, 3.05) is 5.75 Å². The average molecular weight is 530 g/mol. The SMILES string of the molecule is C[C@H](C(=O)NC(C)(C)C)N(Cc1cccc(Br)c1)C(=O)CSCc1c(F)cccc1Cl. The van der Waals surface area contributed by atoms with Gasteiger partial charge in [0.2, 0.25) is 11.8 Å². The van der Waals surface area contributed by atoms with Gasteiger partial charge in [-0.05, 0) is 57.5 Å². The molecule has 2 rings (SSSR count). The molecule has 0 unspecified atom stereocenters. The number of carbonyl (C=O) groups is 2. The topological polar surface area (TPSA) is 49.4 Å². The van der Waals surface area contributed by atoms with E-state index in [4.69, 9.17) is 11.6 Å². The fourth-order valence-corrected chi connectivity index (χ4v) is 4.58. The van der Waals surface area contributed by atoms with Crippen molar-refractivity contribution in [2.45, 2.75) is 51.6 Å².